The molecule has 0 saturated heterocycles. The maximum atomic E-state index is 12.9. The SMILES string of the molecule is O=C1C(=Cc2cc3sc(-c4ccc(P)cc4)nc3o2)C(=O)c2cc3ccccc3cc21. The van der Waals surface area contributed by atoms with Gasteiger partial charge in [-0.05, 0) is 34.3 Å². The maximum Gasteiger partial charge on any atom is 0.238 e. The van der Waals surface area contributed by atoms with Gasteiger partial charge in [-0.15, -0.1) is 20.6 Å². The summed E-state index contributed by atoms with van der Waals surface area (Å²) in [6.07, 6.45) is 1.53. The fraction of sp³-hybridized carbons (Fsp3) is 0. The van der Waals surface area contributed by atoms with Crippen molar-refractivity contribution in [1.82, 2.24) is 4.98 Å². The van der Waals surface area contributed by atoms with E-state index < -0.39 is 0 Å². The highest BCUT2D eigenvalue weighted by Crippen LogP contribution is 2.35. The minimum absolute atomic E-state index is 0.128. The van der Waals surface area contributed by atoms with Crippen LogP contribution in [0.2, 0.25) is 0 Å². The summed E-state index contributed by atoms with van der Waals surface area (Å²) in [5, 5.41) is 3.85. The minimum Gasteiger partial charge on any atom is -0.437 e. The molecule has 1 aliphatic carbocycles. The molecule has 0 bridgehead atoms. The Balaban J connectivity index is 1.38. The smallest absolute Gasteiger partial charge is 0.238 e. The fourth-order valence-electron chi connectivity index (χ4n) is 3.86. The van der Waals surface area contributed by atoms with Crippen LogP contribution >= 0.6 is 20.6 Å². The van der Waals surface area contributed by atoms with Crippen molar-refractivity contribution in [1.29, 1.82) is 0 Å². The number of thiazole rings is 1. The van der Waals surface area contributed by atoms with Gasteiger partial charge < -0.3 is 4.42 Å². The quantitative estimate of drug-likeness (QED) is 0.202. The summed E-state index contributed by atoms with van der Waals surface area (Å²) in [5.41, 5.74) is 2.54. The molecule has 6 rings (SSSR count). The molecule has 4 nitrogen and oxygen atoms in total. The lowest BCUT2D eigenvalue weighted by molar-refractivity contribution is 0.0990. The van der Waals surface area contributed by atoms with Crippen molar-refractivity contribution < 1.29 is 14.0 Å². The lowest BCUT2D eigenvalue weighted by atomic mass is 10.0. The number of nitrogens with zero attached hydrogens (tertiary/aromatic N) is 1. The first-order valence-electron chi connectivity index (χ1n) is 9.67. The third-order valence-electron chi connectivity index (χ3n) is 5.42. The summed E-state index contributed by atoms with van der Waals surface area (Å²) in [7, 11) is 2.66. The molecule has 1 unspecified atom stereocenters. The molecule has 0 radical (unpaired) electrons. The van der Waals surface area contributed by atoms with E-state index >= 15 is 0 Å². The third kappa shape index (κ3) is 2.97. The molecule has 0 spiro atoms. The molecular weight excluding hydrogens is 425 g/mol. The molecule has 0 amide bonds. The van der Waals surface area contributed by atoms with Crippen LogP contribution in [-0.2, 0) is 0 Å². The Hall–Kier alpha value is -3.40. The van der Waals surface area contributed by atoms with E-state index in [2.05, 4.69) is 14.2 Å². The number of carbonyl (C=O) groups excluding carboxylic acids is 2. The molecule has 0 aliphatic heterocycles. The van der Waals surface area contributed by atoms with Gasteiger partial charge in [0.15, 0.2) is 11.6 Å². The Morgan fingerprint density at radius 3 is 2.13 bits per heavy atom. The highest BCUT2D eigenvalue weighted by atomic mass is 32.1. The number of benzene rings is 3. The van der Waals surface area contributed by atoms with Crippen LogP contribution in [0.5, 0.6) is 0 Å². The van der Waals surface area contributed by atoms with Crippen LogP contribution in [0.3, 0.4) is 0 Å². The van der Waals surface area contributed by atoms with E-state index in [4.69, 9.17) is 4.42 Å². The lowest BCUT2D eigenvalue weighted by Gasteiger charge is -2.00. The van der Waals surface area contributed by atoms with Crippen LogP contribution < -0.4 is 5.30 Å². The van der Waals surface area contributed by atoms with Gasteiger partial charge in [0.1, 0.15) is 10.8 Å². The van der Waals surface area contributed by atoms with Crippen molar-refractivity contribution >= 4 is 64.7 Å². The van der Waals surface area contributed by atoms with E-state index in [0.717, 1.165) is 31.3 Å². The third-order valence-corrected chi connectivity index (χ3v) is 6.83. The van der Waals surface area contributed by atoms with Gasteiger partial charge in [-0.3, -0.25) is 9.59 Å². The summed E-state index contributed by atoms with van der Waals surface area (Å²) in [4.78, 5) is 30.4. The van der Waals surface area contributed by atoms with Gasteiger partial charge in [0, 0.05) is 22.8 Å². The summed E-state index contributed by atoms with van der Waals surface area (Å²) >= 11 is 1.51. The van der Waals surface area contributed by atoms with E-state index in [1.54, 1.807) is 12.1 Å². The summed E-state index contributed by atoms with van der Waals surface area (Å²) in [6, 6.07) is 21.2. The number of furan rings is 1. The zero-order valence-electron chi connectivity index (χ0n) is 16.1. The van der Waals surface area contributed by atoms with Gasteiger partial charge in [-0.2, -0.15) is 0 Å². The van der Waals surface area contributed by atoms with E-state index in [0.29, 0.717) is 22.6 Å². The molecule has 31 heavy (non-hydrogen) atoms. The Morgan fingerprint density at radius 2 is 1.52 bits per heavy atom. The van der Waals surface area contributed by atoms with E-state index in [1.165, 1.54) is 17.4 Å². The Morgan fingerprint density at radius 1 is 0.871 bits per heavy atom. The molecular formula is C25H14NO3PS. The highest BCUT2D eigenvalue weighted by Gasteiger charge is 2.33. The van der Waals surface area contributed by atoms with Gasteiger partial charge in [-0.1, -0.05) is 48.5 Å². The second-order valence-electron chi connectivity index (χ2n) is 7.42. The van der Waals surface area contributed by atoms with Crippen LogP contribution in [0.15, 0.2) is 76.7 Å². The molecule has 5 aromatic rings. The maximum absolute atomic E-state index is 12.9. The van der Waals surface area contributed by atoms with Gasteiger partial charge in [0.2, 0.25) is 5.71 Å². The van der Waals surface area contributed by atoms with Crippen LogP contribution in [0.25, 0.3) is 37.8 Å². The van der Waals surface area contributed by atoms with Crippen molar-refractivity contribution in [3.63, 3.8) is 0 Å². The van der Waals surface area contributed by atoms with Gasteiger partial charge in [-0.25, -0.2) is 4.98 Å². The number of hydrogen-bond acceptors (Lipinski definition) is 5. The Kier molecular flexibility index (Phi) is 4.04. The molecule has 2 aromatic heterocycles. The van der Waals surface area contributed by atoms with Crippen molar-refractivity contribution in [3.8, 4) is 10.6 Å². The fourth-order valence-corrected chi connectivity index (χ4v) is 4.99. The predicted octanol–water partition coefficient (Wildman–Crippen LogP) is 5.67. The van der Waals surface area contributed by atoms with Crippen molar-refractivity contribution in [2.45, 2.75) is 0 Å². The average Bonchev–Trinajstić information content (AvgIpc) is 3.40. The highest BCUT2D eigenvalue weighted by molar-refractivity contribution is 7.27. The number of hydrogen-bond donors (Lipinski definition) is 0. The normalized spacial score (nSPS) is 13.4. The molecule has 0 fully saturated rings. The Bertz CT molecular complexity index is 1490. The number of Topliss-reactive ketones (excluding diaryl/α,β-unsaturated/α-hetero) is 2. The second kappa shape index (κ2) is 6.81. The zero-order chi connectivity index (χ0) is 21.1. The van der Waals surface area contributed by atoms with E-state index in [-0.39, 0.29) is 17.1 Å². The first-order chi connectivity index (χ1) is 15.1. The minimum atomic E-state index is -0.267. The molecule has 3 aromatic carbocycles. The van der Waals surface area contributed by atoms with Crippen molar-refractivity contribution in [3.05, 3.63) is 89.2 Å². The summed E-state index contributed by atoms with van der Waals surface area (Å²) < 4.78 is 6.72. The molecule has 1 aliphatic rings. The van der Waals surface area contributed by atoms with E-state index in [1.807, 2.05) is 54.6 Å². The van der Waals surface area contributed by atoms with Gasteiger partial charge in [0.25, 0.3) is 0 Å². The van der Waals surface area contributed by atoms with Gasteiger partial charge >= 0.3 is 0 Å². The zero-order valence-corrected chi connectivity index (χ0v) is 18.1. The summed E-state index contributed by atoms with van der Waals surface area (Å²) in [5.74, 6) is -0.0805. The van der Waals surface area contributed by atoms with Crippen LogP contribution in [0.1, 0.15) is 26.5 Å². The number of carbonyl (C=O) groups is 2. The first-order valence-corrected chi connectivity index (χ1v) is 11.1. The topological polar surface area (TPSA) is 60.2 Å². The standard InChI is InChI=1S/C25H14NO3PS/c27-22-18-9-14-3-1-2-4-15(14)10-19(18)23(28)20(22)11-16-12-21-24(29-16)26-25(31-21)13-5-7-17(30)8-6-13/h1-12H,30H2. The number of rotatable bonds is 2. The molecule has 6 heteroatoms. The predicted molar refractivity (Wildman–Crippen MR) is 127 cm³/mol. The summed E-state index contributed by atoms with van der Waals surface area (Å²) in [6.45, 7) is 0. The molecule has 148 valence electrons. The average molecular weight is 439 g/mol. The Labute approximate surface area is 183 Å². The van der Waals surface area contributed by atoms with Crippen molar-refractivity contribution in [2.24, 2.45) is 0 Å². The van der Waals surface area contributed by atoms with Crippen LogP contribution in [0, 0.1) is 0 Å². The first kappa shape index (κ1) is 18.4. The molecule has 0 saturated carbocycles. The van der Waals surface area contributed by atoms with E-state index in [9.17, 15) is 9.59 Å². The largest absolute Gasteiger partial charge is 0.437 e. The molecule has 0 N–H and O–H groups in total. The lowest BCUT2D eigenvalue weighted by Crippen LogP contribution is -1.99. The number of allylic oxidation sites excluding steroid dienone is 1. The monoisotopic (exact) mass is 439 g/mol. The second-order valence-corrected chi connectivity index (χ2v) is 9.12. The number of ketones is 2. The van der Waals surface area contributed by atoms with Gasteiger partial charge in [0.05, 0.1) is 10.3 Å². The van der Waals surface area contributed by atoms with Crippen LogP contribution in [0.4, 0.5) is 0 Å². The van der Waals surface area contributed by atoms with Crippen molar-refractivity contribution in [2.75, 3.05) is 0 Å². The molecule has 2 heterocycles. The molecule has 1 atom stereocenters. The van der Waals surface area contributed by atoms with Crippen LogP contribution in [-0.4, -0.2) is 16.6 Å². The number of fused-ring (bicyclic) bond motifs is 3. The number of aromatic nitrogens is 1.